The van der Waals surface area contributed by atoms with Crippen molar-refractivity contribution < 1.29 is 4.74 Å². The second kappa shape index (κ2) is 6.77. The second-order valence-corrected chi connectivity index (χ2v) is 6.74. The van der Waals surface area contributed by atoms with Crippen LogP contribution in [0.15, 0.2) is 16.4 Å². The van der Waals surface area contributed by atoms with Crippen molar-refractivity contribution in [2.45, 2.75) is 25.9 Å². The Morgan fingerprint density at radius 1 is 1.43 bits per heavy atom. The third-order valence-corrected chi connectivity index (χ3v) is 5.34. The van der Waals surface area contributed by atoms with Crippen molar-refractivity contribution in [3.8, 4) is 0 Å². The number of rotatable bonds is 3. The van der Waals surface area contributed by atoms with Gasteiger partial charge in [-0.3, -0.25) is 9.89 Å². The standard InChI is InChI=1S/C15H24N4OS/c1-12(10-17-15(16)18-5-7-20-8-6-18)19-4-2-14-13(11-19)3-9-21-14/h3,9,12H,2,4-8,10-11H2,1H3,(H2,16,17). The summed E-state index contributed by atoms with van der Waals surface area (Å²) in [7, 11) is 0. The van der Waals surface area contributed by atoms with Crippen LogP contribution in [0, 0.1) is 0 Å². The molecule has 0 amide bonds. The molecular formula is C15H24N4OS. The third-order valence-electron chi connectivity index (χ3n) is 4.31. The van der Waals surface area contributed by atoms with Gasteiger partial charge in [-0.1, -0.05) is 0 Å². The lowest BCUT2D eigenvalue weighted by Crippen LogP contribution is -2.45. The number of ether oxygens (including phenoxy) is 1. The highest BCUT2D eigenvalue weighted by Gasteiger charge is 2.21. The Balaban J connectivity index is 1.53. The predicted octanol–water partition coefficient (Wildman–Crippen LogP) is 1.14. The zero-order valence-electron chi connectivity index (χ0n) is 12.6. The number of hydrogen-bond acceptors (Lipinski definition) is 4. The van der Waals surface area contributed by atoms with Crippen LogP contribution in [0.5, 0.6) is 0 Å². The lowest BCUT2D eigenvalue weighted by atomic mass is 10.1. The normalized spacial score (nSPS) is 22.1. The maximum atomic E-state index is 6.09. The molecule has 0 aromatic carbocycles. The maximum Gasteiger partial charge on any atom is 0.191 e. The van der Waals surface area contributed by atoms with E-state index in [1.54, 1.807) is 4.88 Å². The molecule has 3 rings (SSSR count). The molecule has 0 spiro atoms. The number of nitrogens with zero attached hydrogens (tertiary/aromatic N) is 3. The summed E-state index contributed by atoms with van der Waals surface area (Å²) in [6.07, 6.45) is 1.17. The predicted molar refractivity (Wildman–Crippen MR) is 86.8 cm³/mol. The van der Waals surface area contributed by atoms with Gasteiger partial charge in [-0.15, -0.1) is 11.3 Å². The molecule has 1 aromatic heterocycles. The van der Waals surface area contributed by atoms with Gasteiger partial charge in [-0.25, -0.2) is 0 Å². The van der Waals surface area contributed by atoms with Crippen LogP contribution in [-0.4, -0.2) is 61.2 Å². The minimum Gasteiger partial charge on any atom is -0.378 e. The van der Waals surface area contributed by atoms with Crippen LogP contribution >= 0.6 is 11.3 Å². The van der Waals surface area contributed by atoms with E-state index in [1.165, 1.54) is 12.0 Å². The third kappa shape index (κ3) is 3.56. The molecule has 5 nitrogen and oxygen atoms in total. The summed E-state index contributed by atoms with van der Waals surface area (Å²) in [6.45, 7) is 8.39. The van der Waals surface area contributed by atoms with Crippen LogP contribution < -0.4 is 5.73 Å². The Hall–Kier alpha value is -1.11. The van der Waals surface area contributed by atoms with Crippen LogP contribution in [-0.2, 0) is 17.7 Å². The number of nitrogens with two attached hydrogens (primary N) is 1. The first-order valence-electron chi connectivity index (χ1n) is 7.66. The molecule has 21 heavy (non-hydrogen) atoms. The molecule has 2 aliphatic rings. The Bertz CT molecular complexity index is 496. The molecule has 1 unspecified atom stereocenters. The van der Waals surface area contributed by atoms with Gasteiger partial charge in [0.15, 0.2) is 5.96 Å². The average molecular weight is 308 g/mol. The Kier molecular flexibility index (Phi) is 4.77. The molecule has 1 aromatic rings. The van der Waals surface area contributed by atoms with Crippen molar-refractivity contribution in [3.63, 3.8) is 0 Å². The van der Waals surface area contributed by atoms with Gasteiger partial charge in [0.25, 0.3) is 0 Å². The summed E-state index contributed by atoms with van der Waals surface area (Å²) < 4.78 is 5.34. The highest BCUT2D eigenvalue weighted by atomic mass is 32.1. The Morgan fingerprint density at radius 3 is 3.05 bits per heavy atom. The van der Waals surface area contributed by atoms with Gasteiger partial charge >= 0.3 is 0 Å². The van der Waals surface area contributed by atoms with E-state index in [0.29, 0.717) is 12.0 Å². The highest BCUT2D eigenvalue weighted by Crippen LogP contribution is 2.25. The molecule has 2 aliphatic heterocycles. The molecule has 3 heterocycles. The average Bonchev–Trinajstić information content (AvgIpc) is 3.00. The van der Waals surface area contributed by atoms with E-state index in [0.717, 1.165) is 45.9 Å². The van der Waals surface area contributed by atoms with Crippen LogP contribution in [0.4, 0.5) is 0 Å². The molecule has 0 radical (unpaired) electrons. The molecule has 1 fully saturated rings. The molecule has 116 valence electrons. The fourth-order valence-electron chi connectivity index (χ4n) is 2.88. The Morgan fingerprint density at radius 2 is 2.24 bits per heavy atom. The van der Waals surface area contributed by atoms with E-state index in [1.807, 2.05) is 11.3 Å². The zero-order chi connectivity index (χ0) is 14.7. The number of hydrogen-bond donors (Lipinski definition) is 1. The second-order valence-electron chi connectivity index (χ2n) is 5.74. The van der Waals surface area contributed by atoms with Crippen molar-refractivity contribution in [2.24, 2.45) is 10.7 Å². The van der Waals surface area contributed by atoms with Gasteiger partial charge in [0, 0.05) is 37.1 Å². The van der Waals surface area contributed by atoms with E-state index in [4.69, 9.17) is 10.5 Å². The van der Waals surface area contributed by atoms with E-state index >= 15 is 0 Å². The maximum absolute atomic E-state index is 6.09. The summed E-state index contributed by atoms with van der Waals surface area (Å²) in [5.74, 6) is 0.665. The van der Waals surface area contributed by atoms with Gasteiger partial charge in [-0.05, 0) is 30.4 Å². The van der Waals surface area contributed by atoms with E-state index in [-0.39, 0.29) is 0 Å². The minimum absolute atomic E-state index is 0.428. The number of aliphatic imine (C=N–C) groups is 1. The highest BCUT2D eigenvalue weighted by molar-refractivity contribution is 7.10. The van der Waals surface area contributed by atoms with Crippen molar-refractivity contribution in [1.82, 2.24) is 9.80 Å². The number of morpholine rings is 1. The smallest absolute Gasteiger partial charge is 0.191 e. The van der Waals surface area contributed by atoms with E-state index in [9.17, 15) is 0 Å². The Labute approximate surface area is 130 Å². The van der Waals surface area contributed by atoms with E-state index < -0.39 is 0 Å². The van der Waals surface area contributed by atoms with Gasteiger partial charge in [0.05, 0.1) is 19.8 Å². The quantitative estimate of drug-likeness (QED) is 0.672. The minimum atomic E-state index is 0.428. The summed E-state index contributed by atoms with van der Waals surface area (Å²) in [5, 5.41) is 2.20. The molecule has 0 saturated carbocycles. The summed E-state index contributed by atoms with van der Waals surface area (Å²) in [5.41, 5.74) is 7.58. The van der Waals surface area contributed by atoms with Gasteiger partial charge in [-0.2, -0.15) is 0 Å². The monoisotopic (exact) mass is 308 g/mol. The van der Waals surface area contributed by atoms with Crippen molar-refractivity contribution in [3.05, 3.63) is 21.9 Å². The fourth-order valence-corrected chi connectivity index (χ4v) is 3.77. The molecule has 2 N–H and O–H groups in total. The molecule has 1 saturated heterocycles. The first-order chi connectivity index (χ1) is 10.2. The first-order valence-corrected chi connectivity index (χ1v) is 8.54. The molecule has 6 heteroatoms. The van der Waals surface area contributed by atoms with Crippen molar-refractivity contribution in [2.75, 3.05) is 39.4 Å². The number of thiophene rings is 1. The molecular weight excluding hydrogens is 284 g/mol. The van der Waals surface area contributed by atoms with Crippen LogP contribution in [0.2, 0.25) is 0 Å². The first kappa shape index (κ1) is 14.8. The lowest BCUT2D eigenvalue weighted by Gasteiger charge is -2.32. The lowest BCUT2D eigenvalue weighted by molar-refractivity contribution is 0.0673. The van der Waals surface area contributed by atoms with E-state index in [2.05, 4.69) is 33.2 Å². The largest absolute Gasteiger partial charge is 0.378 e. The fraction of sp³-hybridized carbons (Fsp3) is 0.667. The van der Waals surface area contributed by atoms with Gasteiger partial charge in [0.2, 0.25) is 0 Å². The SMILES string of the molecule is CC(CN=C(N)N1CCOCC1)N1CCc2sccc2C1. The van der Waals surface area contributed by atoms with Crippen molar-refractivity contribution >= 4 is 17.3 Å². The topological polar surface area (TPSA) is 54.1 Å². The summed E-state index contributed by atoms with van der Waals surface area (Å²) >= 11 is 1.88. The molecule has 0 aliphatic carbocycles. The van der Waals surface area contributed by atoms with Crippen molar-refractivity contribution in [1.29, 1.82) is 0 Å². The number of guanidine groups is 1. The number of fused-ring (bicyclic) bond motifs is 1. The van der Waals surface area contributed by atoms with Crippen LogP contribution in [0.25, 0.3) is 0 Å². The summed E-state index contributed by atoms with van der Waals surface area (Å²) in [4.78, 5) is 10.8. The van der Waals surface area contributed by atoms with Crippen LogP contribution in [0.3, 0.4) is 0 Å². The van der Waals surface area contributed by atoms with Gasteiger partial charge < -0.3 is 15.4 Å². The molecule has 0 bridgehead atoms. The van der Waals surface area contributed by atoms with Crippen LogP contribution in [0.1, 0.15) is 17.4 Å². The summed E-state index contributed by atoms with van der Waals surface area (Å²) in [6, 6.07) is 2.68. The zero-order valence-corrected chi connectivity index (χ0v) is 13.4. The molecule has 1 atom stereocenters. The van der Waals surface area contributed by atoms with Gasteiger partial charge in [0.1, 0.15) is 0 Å².